The molecule has 2 aliphatic carbocycles. The van der Waals surface area contributed by atoms with E-state index < -0.39 is 5.78 Å². The molecule has 0 radical (unpaired) electrons. The largest absolute Gasteiger partial charge is 0.497 e. The number of Topliss-reactive ketones (excluding diaryl/α,β-unsaturated/α-hetero) is 3. The zero-order valence-electron chi connectivity index (χ0n) is 14.6. The van der Waals surface area contributed by atoms with Crippen LogP contribution < -0.4 is 9.47 Å². The van der Waals surface area contributed by atoms with Crippen molar-refractivity contribution in [1.82, 2.24) is 0 Å². The molecule has 0 spiro atoms. The molecule has 6 nitrogen and oxygen atoms in total. The lowest BCUT2D eigenvalue weighted by Gasteiger charge is -2.18. The van der Waals surface area contributed by atoms with Gasteiger partial charge in [0.15, 0.2) is 11.6 Å². The Bertz CT molecular complexity index is 825. The molecule has 0 unspecified atom stereocenters. The number of benzene rings is 1. The topological polar surface area (TPSA) is 86.7 Å². The van der Waals surface area contributed by atoms with Gasteiger partial charge in [0, 0.05) is 48.0 Å². The minimum atomic E-state index is -0.403. The Balaban J connectivity index is 2.10. The summed E-state index contributed by atoms with van der Waals surface area (Å²) >= 11 is 0. The Labute approximate surface area is 150 Å². The van der Waals surface area contributed by atoms with Crippen LogP contribution in [0.3, 0.4) is 0 Å². The van der Waals surface area contributed by atoms with Crippen LogP contribution in [0, 0.1) is 0 Å². The molecule has 134 valence electrons. The van der Waals surface area contributed by atoms with Gasteiger partial charge in [0.05, 0.1) is 14.2 Å². The summed E-state index contributed by atoms with van der Waals surface area (Å²) in [7, 11) is 2.99. The Morgan fingerprint density at radius 3 is 1.65 bits per heavy atom. The normalized spacial score (nSPS) is 17.8. The molecule has 0 N–H and O–H groups in total. The molecule has 26 heavy (non-hydrogen) atoms. The molecule has 0 fully saturated rings. The molecule has 6 heteroatoms. The van der Waals surface area contributed by atoms with Gasteiger partial charge in [-0.15, -0.1) is 0 Å². The fourth-order valence-electron chi connectivity index (χ4n) is 3.32. The quantitative estimate of drug-likeness (QED) is 0.752. The molecule has 0 aliphatic heterocycles. The van der Waals surface area contributed by atoms with E-state index >= 15 is 0 Å². The molecular weight excluding hydrogens is 336 g/mol. The maximum absolute atomic E-state index is 12.5. The molecule has 0 saturated heterocycles. The number of rotatable bonds is 2. The summed E-state index contributed by atoms with van der Waals surface area (Å²) in [6.07, 6.45) is 2.05. The monoisotopic (exact) mass is 354 g/mol. The zero-order valence-corrected chi connectivity index (χ0v) is 14.6. The Kier molecular flexibility index (Phi) is 4.84. The SMILES string of the molecule is COc1cc2c(OC)c(c1)CC(=O)CC1=CC(=O)C=C(CC(=O)C2)C1=O. The van der Waals surface area contributed by atoms with Gasteiger partial charge in [-0.05, 0) is 24.3 Å². The van der Waals surface area contributed by atoms with Crippen molar-refractivity contribution in [3.8, 4) is 11.5 Å². The summed E-state index contributed by atoms with van der Waals surface area (Å²) in [5.41, 5.74) is 1.44. The summed E-state index contributed by atoms with van der Waals surface area (Å²) < 4.78 is 10.7. The summed E-state index contributed by atoms with van der Waals surface area (Å²) in [4.78, 5) is 49.3. The molecular formula is C20H18O6. The number of hydrogen-bond donors (Lipinski definition) is 0. The summed E-state index contributed by atoms with van der Waals surface area (Å²) in [5.74, 6) is -0.210. The Morgan fingerprint density at radius 1 is 0.731 bits per heavy atom. The second-order valence-corrected chi connectivity index (χ2v) is 6.33. The predicted octanol–water partition coefficient (Wildman–Crippen LogP) is 1.73. The number of ether oxygens (including phenoxy) is 2. The Hall–Kier alpha value is -3.02. The van der Waals surface area contributed by atoms with Crippen LogP contribution in [-0.4, -0.2) is 37.4 Å². The van der Waals surface area contributed by atoms with Crippen LogP contribution in [0.2, 0.25) is 0 Å². The van der Waals surface area contributed by atoms with E-state index in [1.165, 1.54) is 26.4 Å². The van der Waals surface area contributed by atoms with Crippen molar-refractivity contribution in [2.24, 2.45) is 0 Å². The standard InChI is InChI=1S/C20H18O6/c1-25-18-9-13-7-16(22)5-11-3-15(21)4-12(19(11)24)6-17(23)8-14(10-18)20(13)26-2/h3-4,9-10H,5-8H2,1-2H3. The van der Waals surface area contributed by atoms with Gasteiger partial charge >= 0.3 is 0 Å². The van der Waals surface area contributed by atoms with Gasteiger partial charge in [0.25, 0.3) is 0 Å². The van der Waals surface area contributed by atoms with Crippen molar-refractivity contribution in [3.63, 3.8) is 0 Å². The van der Waals surface area contributed by atoms with Gasteiger partial charge in [0.2, 0.25) is 0 Å². The number of carbonyl (C=O) groups excluding carboxylic acids is 4. The van der Waals surface area contributed by atoms with E-state index in [2.05, 4.69) is 0 Å². The fraction of sp³-hybridized carbons (Fsp3) is 0.300. The van der Waals surface area contributed by atoms with Crippen LogP contribution in [0.4, 0.5) is 0 Å². The van der Waals surface area contributed by atoms with Crippen molar-refractivity contribution in [2.75, 3.05) is 14.2 Å². The third-order valence-electron chi connectivity index (χ3n) is 4.42. The highest BCUT2D eigenvalue weighted by molar-refractivity contribution is 6.23. The van der Waals surface area contributed by atoms with Crippen LogP contribution in [0.15, 0.2) is 35.4 Å². The minimum absolute atomic E-state index is 0.0133. The average Bonchev–Trinajstić information content (AvgIpc) is 2.57. The second-order valence-electron chi connectivity index (χ2n) is 6.33. The lowest BCUT2D eigenvalue weighted by Crippen LogP contribution is -2.21. The summed E-state index contributed by atoms with van der Waals surface area (Å²) in [6, 6.07) is 3.37. The predicted molar refractivity (Wildman–Crippen MR) is 92.4 cm³/mol. The minimum Gasteiger partial charge on any atom is -0.497 e. The van der Waals surface area contributed by atoms with E-state index in [0.29, 0.717) is 22.6 Å². The molecule has 2 aliphatic rings. The number of ketones is 4. The van der Waals surface area contributed by atoms with E-state index in [9.17, 15) is 19.2 Å². The first-order valence-electron chi connectivity index (χ1n) is 8.18. The second kappa shape index (κ2) is 7.07. The molecule has 0 saturated carbocycles. The molecule has 0 heterocycles. The first-order chi connectivity index (χ1) is 12.4. The van der Waals surface area contributed by atoms with E-state index in [-0.39, 0.29) is 54.2 Å². The molecule has 1 aromatic rings. The number of fused-ring (bicyclic) bond motifs is 4. The van der Waals surface area contributed by atoms with Crippen molar-refractivity contribution in [2.45, 2.75) is 25.7 Å². The van der Waals surface area contributed by atoms with Crippen molar-refractivity contribution >= 4 is 23.1 Å². The van der Waals surface area contributed by atoms with Crippen LogP contribution in [0.25, 0.3) is 0 Å². The third-order valence-corrected chi connectivity index (χ3v) is 4.42. The van der Waals surface area contributed by atoms with Crippen molar-refractivity contribution in [3.05, 3.63) is 46.6 Å². The van der Waals surface area contributed by atoms with Gasteiger partial charge in [-0.3, -0.25) is 19.2 Å². The lowest BCUT2D eigenvalue weighted by molar-refractivity contribution is -0.121. The van der Waals surface area contributed by atoms with Gasteiger partial charge in [0.1, 0.15) is 23.1 Å². The summed E-state index contributed by atoms with van der Waals surface area (Å²) in [5, 5.41) is 0. The zero-order chi connectivity index (χ0) is 18.8. The van der Waals surface area contributed by atoms with Gasteiger partial charge in [-0.1, -0.05) is 0 Å². The molecule has 0 amide bonds. The van der Waals surface area contributed by atoms with Crippen molar-refractivity contribution in [1.29, 1.82) is 0 Å². The smallest absolute Gasteiger partial charge is 0.186 e. The van der Waals surface area contributed by atoms with Crippen LogP contribution >= 0.6 is 0 Å². The maximum atomic E-state index is 12.5. The molecule has 1 aromatic carbocycles. The highest BCUT2D eigenvalue weighted by atomic mass is 16.5. The van der Waals surface area contributed by atoms with E-state index in [1.807, 2.05) is 0 Å². The van der Waals surface area contributed by atoms with E-state index in [0.717, 1.165) is 0 Å². The molecule has 4 bridgehead atoms. The van der Waals surface area contributed by atoms with Crippen LogP contribution in [-0.2, 0) is 32.0 Å². The summed E-state index contributed by atoms with van der Waals surface area (Å²) in [6.45, 7) is 0. The Morgan fingerprint density at radius 2 is 1.23 bits per heavy atom. The number of allylic oxidation sites excluding steroid dienone is 4. The molecule has 0 aromatic heterocycles. The fourth-order valence-corrected chi connectivity index (χ4v) is 3.32. The van der Waals surface area contributed by atoms with Crippen molar-refractivity contribution < 1.29 is 28.7 Å². The van der Waals surface area contributed by atoms with Crippen LogP contribution in [0.5, 0.6) is 11.5 Å². The highest BCUT2D eigenvalue weighted by Crippen LogP contribution is 2.32. The van der Waals surface area contributed by atoms with Gasteiger partial charge in [-0.2, -0.15) is 0 Å². The molecule has 3 rings (SSSR count). The van der Waals surface area contributed by atoms with E-state index in [1.54, 1.807) is 12.1 Å². The average molecular weight is 354 g/mol. The van der Waals surface area contributed by atoms with Crippen LogP contribution in [0.1, 0.15) is 24.0 Å². The number of carbonyl (C=O) groups is 4. The maximum Gasteiger partial charge on any atom is 0.186 e. The van der Waals surface area contributed by atoms with Gasteiger partial charge < -0.3 is 9.47 Å². The lowest BCUT2D eigenvalue weighted by atomic mass is 9.86. The van der Waals surface area contributed by atoms with Gasteiger partial charge in [-0.25, -0.2) is 0 Å². The number of hydrogen-bond acceptors (Lipinski definition) is 6. The van der Waals surface area contributed by atoms with E-state index in [4.69, 9.17) is 9.47 Å². The molecule has 0 atom stereocenters. The first kappa shape index (κ1) is 17.8. The third kappa shape index (κ3) is 3.49. The highest BCUT2D eigenvalue weighted by Gasteiger charge is 2.27. The first-order valence-corrected chi connectivity index (χ1v) is 8.18. The number of methoxy groups -OCH3 is 2.